The molecule has 3 aromatic rings. The third-order valence-electron chi connectivity index (χ3n) is 4.20. The molecule has 1 aliphatic rings. The Morgan fingerprint density at radius 3 is 2.79 bits per heavy atom. The van der Waals surface area contributed by atoms with E-state index in [0.717, 1.165) is 11.3 Å². The lowest BCUT2D eigenvalue weighted by atomic mass is 10.2. The van der Waals surface area contributed by atoms with Crippen LogP contribution >= 0.6 is 11.6 Å². The summed E-state index contributed by atoms with van der Waals surface area (Å²) >= 11 is 6.10. The maximum Gasteiger partial charge on any atom is 0.274 e. The van der Waals surface area contributed by atoms with E-state index in [1.165, 1.54) is 6.20 Å². The van der Waals surface area contributed by atoms with Crippen molar-refractivity contribution < 1.29 is 14.3 Å². The number of aromatic nitrogens is 2. The van der Waals surface area contributed by atoms with Gasteiger partial charge in [-0.3, -0.25) is 4.79 Å². The molecule has 1 aliphatic heterocycles. The lowest BCUT2D eigenvalue weighted by Crippen LogP contribution is -2.16. The van der Waals surface area contributed by atoms with Gasteiger partial charge in [0.2, 0.25) is 5.95 Å². The van der Waals surface area contributed by atoms with Crippen LogP contribution in [-0.2, 0) is 0 Å². The third-order valence-corrected chi connectivity index (χ3v) is 4.61. The van der Waals surface area contributed by atoms with Gasteiger partial charge in [-0.25, -0.2) is 9.97 Å². The molecule has 8 heteroatoms. The van der Waals surface area contributed by atoms with Gasteiger partial charge in [0.1, 0.15) is 18.9 Å². The second kappa shape index (κ2) is 7.74. The number of fused-ring (bicyclic) bond motifs is 1. The molecule has 0 atom stereocenters. The van der Waals surface area contributed by atoms with Crippen LogP contribution < -0.4 is 20.1 Å². The highest BCUT2D eigenvalue weighted by molar-refractivity contribution is 6.31. The molecular formula is C20H17ClN4O3. The minimum Gasteiger partial charge on any atom is -0.486 e. The summed E-state index contributed by atoms with van der Waals surface area (Å²) < 4.78 is 11.1. The zero-order valence-electron chi connectivity index (χ0n) is 15.0. The molecule has 142 valence electrons. The fraction of sp³-hybridized carbons (Fsp3) is 0.150. The Morgan fingerprint density at radius 2 is 1.93 bits per heavy atom. The molecule has 7 nitrogen and oxygen atoms in total. The predicted octanol–water partition coefficient (Wildman–Crippen LogP) is 4.21. The Kier molecular flexibility index (Phi) is 4.99. The summed E-state index contributed by atoms with van der Waals surface area (Å²) in [6, 6.07) is 12.3. The number of carbonyl (C=O) groups is 1. The quantitative estimate of drug-likeness (QED) is 0.687. The summed E-state index contributed by atoms with van der Waals surface area (Å²) in [6.07, 6.45) is 1.52. The van der Waals surface area contributed by atoms with Crippen molar-refractivity contribution in [1.29, 1.82) is 0 Å². The van der Waals surface area contributed by atoms with Crippen molar-refractivity contribution >= 4 is 34.8 Å². The molecule has 0 bridgehead atoms. The number of nitrogens with one attached hydrogen (secondary N) is 2. The summed E-state index contributed by atoms with van der Waals surface area (Å²) in [5.41, 5.74) is 2.39. The fourth-order valence-corrected chi connectivity index (χ4v) is 2.90. The van der Waals surface area contributed by atoms with Gasteiger partial charge in [-0.05, 0) is 42.8 Å². The van der Waals surface area contributed by atoms with Crippen molar-refractivity contribution in [2.75, 3.05) is 23.8 Å². The summed E-state index contributed by atoms with van der Waals surface area (Å²) in [6.45, 7) is 2.88. The molecule has 2 aromatic carbocycles. The van der Waals surface area contributed by atoms with Gasteiger partial charge >= 0.3 is 0 Å². The average Bonchev–Trinajstić information content (AvgIpc) is 2.71. The van der Waals surface area contributed by atoms with Crippen molar-refractivity contribution in [2.24, 2.45) is 0 Å². The minimum absolute atomic E-state index is 0.231. The van der Waals surface area contributed by atoms with E-state index in [9.17, 15) is 4.79 Å². The second-order valence-corrected chi connectivity index (χ2v) is 6.52. The Labute approximate surface area is 166 Å². The molecule has 0 radical (unpaired) electrons. The first kappa shape index (κ1) is 18.1. The number of nitrogens with zero attached hydrogens (tertiary/aromatic N) is 2. The molecule has 1 aromatic heterocycles. The highest BCUT2D eigenvalue weighted by Gasteiger charge is 2.14. The standard InChI is InChI=1S/C20H17ClN4O3/c1-12-14(21)3-2-4-15(12)24-19(26)16-7-8-22-20(25-16)23-13-5-6-17-18(11-13)28-10-9-27-17/h2-8,11H,9-10H2,1H3,(H,24,26)(H,22,23,25). The van der Waals surface area contributed by atoms with Crippen molar-refractivity contribution in [3.8, 4) is 11.5 Å². The van der Waals surface area contributed by atoms with Gasteiger partial charge in [-0.1, -0.05) is 17.7 Å². The smallest absolute Gasteiger partial charge is 0.274 e. The summed E-state index contributed by atoms with van der Waals surface area (Å²) in [5.74, 6) is 1.30. The molecule has 0 saturated carbocycles. The van der Waals surface area contributed by atoms with Gasteiger partial charge in [0.15, 0.2) is 11.5 Å². The maximum atomic E-state index is 12.6. The number of anilines is 3. The monoisotopic (exact) mass is 396 g/mol. The Hall–Kier alpha value is -3.32. The van der Waals surface area contributed by atoms with Gasteiger partial charge in [0, 0.05) is 28.7 Å². The molecule has 4 rings (SSSR count). The highest BCUT2D eigenvalue weighted by atomic mass is 35.5. The molecular weight excluding hydrogens is 380 g/mol. The Morgan fingerprint density at radius 1 is 1.11 bits per heavy atom. The third kappa shape index (κ3) is 3.84. The van der Waals surface area contributed by atoms with Gasteiger partial charge in [-0.15, -0.1) is 0 Å². The van der Waals surface area contributed by atoms with E-state index in [4.69, 9.17) is 21.1 Å². The average molecular weight is 397 g/mol. The molecule has 2 N–H and O–H groups in total. The molecule has 0 fully saturated rings. The minimum atomic E-state index is -0.349. The molecule has 0 unspecified atom stereocenters. The highest BCUT2D eigenvalue weighted by Crippen LogP contribution is 2.33. The maximum absolute atomic E-state index is 12.6. The number of halogens is 1. The molecule has 1 amide bonds. The van der Waals surface area contributed by atoms with E-state index >= 15 is 0 Å². The molecule has 28 heavy (non-hydrogen) atoms. The van der Waals surface area contributed by atoms with Crippen LogP contribution in [0.1, 0.15) is 16.1 Å². The van der Waals surface area contributed by atoms with Crippen molar-refractivity contribution in [2.45, 2.75) is 6.92 Å². The molecule has 0 saturated heterocycles. The summed E-state index contributed by atoms with van der Waals surface area (Å²) in [5, 5.41) is 6.48. The van der Waals surface area contributed by atoms with Crippen molar-refractivity contribution in [3.63, 3.8) is 0 Å². The SMILES string of the molecule is Cc1c(Cl)cccc1NC(=O)c1ccnc(Nc2ccc3c(c2)OCCO3)n1. The van der Waals surface area contributed by atoms with Crippen LogP contribution in [0.4, 0.5) is 17.3 Å². The number of rotatable bonds is 4. The lowest BCUT2D eigenvalue weighted by Gasteiger charge is -2.19. The zero-order valence-corrected chi connectivity index (χ0v) is 15.8. The van der Waals surface area contributed by atoms with Crippen LogP contribution in [0.2, 0.25) is 5.02 Å². The number of benzene rings is 2. The van der Waals surface area contributed by atoms with E-state index in [1.807, 2.05) is 19.1 Å². The molecule has 0 spiro atoms. The summed E-state index contributed by atoms with van der Waals surface area (Å²) in [4.78, 5) is 21.0. The van der Waals surface area contributed by atoms with Crippen molar-refractivity contribution in [1.82, 2.24) is 9.97 Å². The van der Waals surface area contributed by atoms with Gasteiger partial charge in [0.25, 0.3) is 5.91 Å². The number of hydrogen-bond acceptors (Lipinski definition) is 6. The number of carbonyl (C=O) groups excluding carboxylic acids is 1. The van der Waals surface area contributed by atoms with E-state index in [2.05, 4.69) is 20.6 Å². The van der Waals surface area contributed by atoms with Gasteiger partial charge < -0.3 is 20.1 Å². The first-order valence-corrected chi connectivity index (χ1v) is 9.04. The van der Waals surface area contributed by atoms with E-state index in [0.29, 0.717) is 41.4 Å². The van der Waals surface area contributed by atoms with Crippen LogP contribution in [0, 0.1) is 6.92 Å². The van der Waals surface area contributed by atoms with Gasteiger partial charge in [0.05, 0.1) is 0 Å². The fourth-order valence-electron chi connectivity index (χ4n) is 2.72. The lowest BCUT2D eigenvalue weighted by molar-refractivity contribution is 0.102. The summed E-state index contributed by atoms with van der Waals surface area (Å²) in [7, 11) is 0. The topological polar surface area (TPSA) is 85.4 Å². The number of amides is 1. The van der Waals surface area contributed by atoms with Crippen LogP contribution in [0.3, 0.4) is 0 Å². The molecule has 2 heterocycles. The zero-order chi connectivity index (χ0) is 19.5. The van der Waals surface area contributed by atoms with Crippen molar-refractivity contribution in [3.05, 3.63) is 64.9 Å². The number of hydrogen-bond donors (Lipinski definition) is 2. The number of ether oxygens (including phenoxy) is 2. The Balaban J connectivity index is 1.51. The first-order chi connectivity index (χ1) is 13.6. The van der Waals surface area contributed by atoms with Gasteiger partial charge in [-0.2, -0.15) is 0 Å². The largest absolute Gasteiger partial charge is 0.486 e. The van der Waals surface area contributed by atoms with Crippen LogP contribution in [0.15, 0.2) is 48.7 Å². The van der Waals surface area contributed by atoms with E-state index < -0.39 is 0 Å². The predicted molar refractivity (Wildman–Crippen MR) is 107 cm³/mol. The van der Waals surface area contributed by atoms with Crippen LogP contribution in [-0.4, -0.2) is 29.1 Å². The second-order valence-electron chi connectivity index (χ2n) is 6.12. The molecule has 0 aliphatic carbocycles. The first-order valence-electron chi connectivity index (χ1n) is 8.66. The van der Waals surface area contributed by atoms with E-state index in [-0.39, 0.29) is 11.6 Å². The Bertz CT molecular complexity index is 1040. The van der Waals surface area contributed by atoms with E-state index in [1.54, 1.807) is 30.3 Å². The normalized spacial score (nSPS) is 12.4. The van der Waals surface area contributed by atoms with Crippen LogP contribution in [0.25, 0.3) is 0 Å². The van der Waals surface area contributed by atoms with Crippen LogP contribution in [0.5, 0.6) is 11.5 Å².